The van der Waals surface area contributed by atoms with E-state index in [2.05, 4.69) is 10.6 Å². The largest absolute Gasteiger partial charge is 0.507 e. The minimum absolute atomic E-state index is 0.0714. The second-order valence-electron chi connectivity index (χ2n) is 11.7. The van der Waals surface area contributed by atoms with Crippen LogP contribution < -0.4 is 16.4 Å². The maximum Gasteiger partial charge on any atom is 0.246 e. The molecule has 4 amide bonds. The SMILES string of the molecule is CC(C)(C)c1cc(C[C@H](NC(=O)[C@@H]2CC(=O)N2)C(=O)N2CCC[C@H]2C(N)=O)cc(C(C)(C)C)c1O. The summed E-state index contributed by atoms with van der Waals surface area (Å²) in [4.78, 5) is 51.1. The van der Waals surface area contributed by atoms with Crippen molar-refractivity contribution in [3.8, 4) is 5.75 Å². The predicted molar refractivity (Wildman–Crippen MR) is 132 cm³/mol. The van der Waals surface area contributed by atoms with E-state index in [4.69, 9.17) is 5.73 Å². The minimum Gasteiger partial charge on any atom is -0.507 e. The number of carbonyl (C=O) groups excluding carboxylic acids is 4. The molecule has 0 bridgehead atoms. The number of phenols is 1. The average molecular weight is 487 g/mol. The lowest BCUT2D eigenvalue weighted by molar-refractivity contribution is -0.142. The van der Waals surface area contributed by atoms with E-state index < -0.39 is 29.9 Å². The number of hydrogen-bond acceptors (Lipinski definition) is 5. The van der Waals surface area contributed by atoms with Gasteiger partial charge in [-0.3, -0.25) is 19.2 Å². The van der Waals surface area contributed by atoms with Gasteiger partial charge in [-0.05, 0) is 40.4 Å². The molecule has 35 heavy (non-hydrogen) atoms. The second-order valence-corrected chi connectivity index (χ2v) is 11.7. The standard InChI is InChI=1S/C26H38N4O5/c1-25(2,3)15-10-14(11-16(21(15)32)26(4,5)6)12-18(29-23(34)17-13-20(31)28-17)24(35)30-9-7-8-19(30)22(27)33/h10-11,17-19,32H,7-9,12-13H2,1-6H3,(H2,27,33)(H,28,31)(H,29,34)/t17-,18-,19-/m0/s1. The summed E-state index contributed by atoms with van der Waals surface area (Å²) in [6.07, 6.45) is 1.38. The van der Waals surface area contributed by atoms with Crippen LogP contribution >= 0.6 is 0 Å². The third kappa shape index (κ3) is 5.77. The van der Waals surface area contributed by atoms with Gasteiger partial charge < -0.3 is 26.4 Å². The highest BCUT2D eigenvalue weighted by Crippen LogP contribution is 2.40. The molecular weight excluding hydrogens is 448 g/mol. The number of β-lactam (4-membered cyclic amide) rings is 1. The topological polar surface area (TPSA) is 142 Å². The number of aromatic hydroxyl groups is 1. The smallest absolute Gasteiger partial charge is 0.246 e. The lowest BCUT2D eigenvalue weighted by atomic mass is 9.78. The highest BCUT2D eigenvalue weighted by molar-refractivity contribution is 5.99. The number of nitrogens with two attached hydrogens (primary N) is 1. The fraction of sp³-hybridized carbons (Fsp3) is 0.615. The predicted octanol–water partition coefficient (Wildman–Crippen LogP) is 1.38. The van der Waals surface area contributed by atoms with Crippen molar-refractivity contribution in [2.75, 3.05) is 6.54 Å². The Kier molecular flexibility index (Phi) is 7.20. The van der Waals surface area contributed by atoms with Crippen LogP contribution in [0.2, 0.25) is 0 Å². The summed E-state index contributed by atoms with van der Waals surface area (Å²) in [5.74, 6) is -1.38. The van der Waals surface area contributed by atoms with Crippen molar-refractivity contribution >= 4 is 23.6 Å². The molecule has 2 saturated heterocycles. The fourth-order valence-electron chi connectivity index (χ4n) is 4.71. The highest BCUT2D eigenvalue weighted by atomic mass is 16.3. The Morgan fingerprint density at radius 2 is 1.69 bits per heavy atom. The number of rotatable bonds is 6. The van der Waals surface area contributed by atoms with E-state index in [1.165, 1.54) is 4.90 Å². The Balaban J connectivity index is 1.99. The first-order valence-electron chi connectivity index (χ1n) is 12.2. The molecular formula is C26H38N4O5. The van der Waals surface area contributed by atoms with Gasteiger partial charge in [-0.25, -0.2) is 0 Å². The van der Waals surface area contributed by atoms with Crippen LogP contribution in [0.15, 0.2) is 12.1 Å². The van der Waals surface area contributed by atoms with Crippen molar-refractivity contribution in [1.82, 2.24) is 15.5 Å². The molecule has 2 heterocycles. The zero-order valence-corrected chi connectivity index (χ0v) is 21.5. The molecule has 2 aliphatic rings. The number of likely N-dealkylation sites (tertiary alicyclic amines) is 1. The van der Waals surface area contributed by atoms with Crippen molar-refractivity contribution in [1.29, 1.82) is 0 Å². The summed E-state index contributed by atoms with van der Waals surface area (Å²) in [6.45, 7) is 12.4. The van der Waals surface area contributed by atoms with Crippen LogP contribution in [0.25, 0.3) is 0 Å². The van der Waals surface area contributed by atoms with E-state index in [1.54, 1.807) is 0 Å². The number of benzene rings is 1. The molecule has 9 heteroatoms. The minimum atomic E-state index is -0.954. The summed E-state index contributed by atoms with van der Waals surface area (Å²) in [5, 5.41) is 16.4. The molecule has 0 aromatic heterocycles. The quantitative estimate of drug-likeness (QED) is 0.450. The average Bonchev–Trinajstić information content (AvgIpc) is 3.20. The monoisotopic (exact) mass is 486 g/mol. The summed E-state index contributed by atoms with van der Waals surface area (Å²) in [7, 11) is 0. The molecule has 2 aliphatic heterocycles. The third-order valence-corrected chi connectivity index (χ3v) is 6.75. The van der Waals surface area contributed by atoms with Gasteiger partial charge >= 0.3 is 0 Å². The molecule has 2 fully saturated rings. The molecule has 0 radical (unpaired) electrons. The molecule has 9 nitrogen and oxygen atoms in total. The van der Waals surface area contributed by atoms with Crippen molar-refractivity contribution < 1.29 is 24.3 Å². The number of amides is 4. The first-order chi connectivity index (χ1) is 16.1. The van der Waals surface area contributed by atoms with Crippen molar-refractivity contribution in [2.45, 2.75) is 96.2 Å². The van der Waals surface area contributed by atoms with Gasteiger partial charge in [-0.15, -0.1) is 0 Å². The second kappa shape index (κ2) is 9.51. The van der Waals surface area contributed by atoms with E-state index in [1.807, 2.05) is 53.7 Å². The van der Waals surface area contributed by atoms with Gasteiger partial charge in [-0.1, -0.05) is 53.7 Å². The van der Waals surface area contributed by atoms with E-state index in [0.29, 0.717) is 19.4 Å². The van der Waals surface area contributed by atoms with E-state index in [-0.39, 0.29) is 41.2 Å². The zero-order chi connectivity index (χ0) is 26.3. The van der Waals surface area contributed by atoms with Crippen LogP contribution in [0.5, 0.6) is 5.75 Å². The molecule has 0 aliphatic carbocycles. The number of nitrogens with one attached hydrogen (secondary N) is 2. The number of carbonyl (C=O) groups is 4. The van der Waals surface area contributed by atoms with Crippen LogP contribution in [0, 0.1) is 0 Å². The van der Waals surface area contributed by atoms with E-state index in [9.17, 15) is 24.3 Å². The van der Waals surface area contributed by atoms with Crippen molar-refractivity contribution in [3.05, 3.63) is 28.8 Å². The lowest BCUT2D eigenvalue weighted by Crippen LogP contribution is -2.61. The van der Waals surface area contributed by atoms with Crippen LogP contribution in [-0.2, 0) is 36.4 Å². The lowest BCUT2D eigenvalue weighted by Gasteiger charge is -2.32. The number of primary amides is 1. The molecule has 0 saturated carbocycles. The summed E-state index contributed by atoms with van der Waals surface area (Å²) >= 11 is 0. The molecule has 0 spiro atoms. The molecule has 1 aromatic carbocycles. The zero-order valence-electron chi connectivity index (χ0n) is 21.5. The fourth-order valence-corrected chi connectivity index (χ4v) is 4.71. The first kappa shape index (κ1) is 26.5. The Bertz CT molecular complexity index is 994. The molecule has 3 rings (SSSR count). The van der Waals surface area contributed by atoms with Gasteiger partial charge in [0.25, 0.3) is 0 Å². The Hall–Kier alpha value is -3.10. The van der Waals surface area contributed by atoms with Gasteiger partial charge in [0.15, 0.2) is 0 Å². The molecule has 192 valence electrons. The Labute approximate surface area is 206 Å². The van der Waals surface area contributed by atoms with Crippen molar-refractivity contribution in [2.24, 2.45) is 5.73 Å². The summed E-state index contributed by atoms with van der Waals surface area (Å²) in [6, 6.07) is 1.40. The van der Waals surface area contributed by atoms with Gasteiger partial charge in [0.1, 0.15) is 23.9 Å². The van der Waals surface area contributed by atoms with E-state index >= 15 is 0 Å². The molecule has 0 unspecified atom stereocenters. The third-order valence-electron chi connectivity index (χ3n) is 6.75. The number of phenolic OH excluding ortho intramolecular Hbond substituents is 1. The highest BCUT2D eigenvalue weighted by Gasteiger charge is 2.39. The van der Waals surface area contributed by atoms with Crippen LogP contribution in [-0.4, -0.2) is 58.3 Å². The van der Waals surface area contributed by atoms with Gasteiger partial charge in [0, 0.05) is 13.0 Å². The molecule has 5 N–H and O–H groups in total. The first-order valence-corrected chi connectivity index (χ1v) is 12.2. The number of nitrogens with zero attached hydrogens (tertiary/aromatic N) is 1. The van der Waals surface area contributed by atoms with Crippen LogP contribution in [0.1, 0.15) is 77.5 Å². The summed E-state index contributed by atoms with van der Waals surface area (Å²) in [5.41, 5.74) is 7.10. The van der Waals surface area contributed by atoms with E-state index in [0.717, 1.165) is 16.7 Å². The Morgan fingerprint density at radius 1 is 1.14 bits per heavy atom. The maximum absolute atomic E-state index is 13.6. The summed E-state index contributed by atoms with van der Waals surface area (Å²) < 4.78 is 0. The van der Waals surface area contributed by atoms with Crippen LogP contribution in [0.4, 0.5) is 0 Å². The molecule has 3 atom stereocenters. The van der Waals surface area contributed by atoms with Crippen molar-refractivity contribution in [3.63, 3.8) is 0 Å². The van der Waals surface area contributed by atoms with Gasteiger partial charge in [-0.2, -0.15) is 0 Å². The normalized spacial score (nSPS) is 21.2. The van der Waals surface area contributed by atoms with Crippen LogP contribution in [0.3, 0.4) is 0 Å². The number of hydrogen-bond donors (Lipinski definition) is 4. The Morgan fingerprint density at radius 3 is 2.14 bits per heavy atom. The van der Waals surface area contributed by atoms with Gasteiger partial charge in [0.2, 0.25) is 23.6 Å². The van der Waals surface area contributed by atoms with Gasteiger partial charge in [0.05, 0.1) is 6.42 Å². The molecule has 1 aromatic rings. The maximum atomic E-state index is 13.6.